The molecule has 2 rings (SSSR count). The van der Waals surface area contributed by atoms with Crippen molar-refractivity contribution < 1.29 is 4.74 Å². The number of nitrogens with one attached hydrogen (secondary N) is 1. The minimum Gasteiger partial charge on any atom is -0.380 e. The van der Waals surface area contributed by atoms with Crippen molar-refractivity contribution in [2.75, 3.05) is 19.4 Å². The second-order valence-electron chi connectivity index (χ2n) is 4.03. The molecule has 0 bridgehead atoms. The van der Waals surface area contributed by atoms with Crippen molar-refractivity contribution in [2.24, 2.45) is 0 Å². The van der Waals surface area contributed by atoms with Crippen LogP contribution in [0.1, 0.15) is 12.5 Å². The van der Waals surface area contributed by atoms with E-state index in [1.807, 2.05) is 13.0 Å². The molecule has 5 heteroatoms. The van der Waals surface area contributed by atoms with E-state index in [1.165, 1.54) is 16.9 Å². The number of rotatable bonds is 5. The molecule has 0 spiro atoms. The molecule has 17 heavy (non-hydrogen) atoms. The topological polar surface area (TPSA) is 60.2 Å². The molecule has 1 atom stereocenters. The normalized spacial score (nSPS) is 13.1. The maximum absolute atomic E-state index is 5.67. The molecular weight excluding hydrogens is 234 g/mol. The number of nitrogens with zero attached hydrogens (tertiary/aromatic N) is 1. The Morgan fingerprint density at radius 1 is 1.53 bits per heavy atom. The van der Waals surface area contributed by atoms with Crippen LogP contribution in [-0.2, 0) is 11.3 Å². The van der Waals surface area contributed by atoms with Crippen molar-refractivity contribution in [1.29, 1.82) is 0 Å². The Labute approximate surface area is 105 Å². The summed E-state index contributed by atoms with van der Waals surface area (Å²) in [5.74, 6) is 0. The summed E-state index contributed by atoms with van der Waals surface area (Å²) in [6.45, 7) is 3.72. The number of methoxy groups -OCH3 is 1. The summed E-state index contributed by atoms with van der Waals surface area (Å²) in [6.07, 6.45) is 0.234. The molecule has 0 saturated carbocycles. The Morgan fingerprint density at radius 3 is 3.12 bits per heavy atom. The van der Waals surface area contributed by atoms with E-state index in [-0.39, 0.29) is 6.10 Å². The van der Waals surface area contributed by atoms with Gasteiger partial charge >= 0.3 is 0 Å². The Bertz CT molecular complexity index is 497. The Hall–Kier alpha value is -1.17. The fourth-order valence-corrected chi connectivity index (χ4v) is 2.40. The highest BCUT2D eigenvalue weighted by Crippen LogP contribution is 2.24. The van der Waals surface area contributed by atoms with Gasteiger partial charge in [0.15, 0.2) is 5.13 Å². The predicted molar refractivity (Wildman–Crippen MR) is 72.2 cm³/mol. The maximum Gasteiger partial charge on any atom is 0.181 e. The Kier molecular flexibility index (Phi) is 3.93. The molecule has 0 saturated heterocycles. The number of nitrogen functional groups attached to an aromatic ring is 1. The van der Waals surface area contributed by atoms with E-state index < -0.39 is 0 Å². The maximum atomic E-state index is 5.67. The predicted octanol–water partition coefficient (Wildman–Crippen LogP) is 2.00. The van der Waals surface area contributed by atoms with Gasteiger partial charge in [-0.15, -0.1) is 0 Å². The van der Waals surface area contributed by atoms with Crippen LogP contribution in [0.5, 0.6) is 0 Å². The molecule has 0 aliphatic carbocycles. The Morgan fingerprint density at radius 2 is 2.35 bits per heavy atom. The summed E-state index contributed by atoms with van der Waals surface area (Å²) in [7, 11) is 1.72. The summed E-state index contributed by atoms with van der Waals surface area (Å²) in [5.41, 5.74) is 7.89. The van der Waals surface area contributed by atoms with Gasteiger partial charge in [0, 0.05) is 20.2 Å². The third kappa shape index (κ3) is 3.15. The highest BCUT2D eigenvalue weighted by atomic mass is 32.1. The van der Waals surface area contributed by atoms with Crippen LogP contribution in [0.15, 0.2) is 18.2 Å². The number of hydrogen-bond acceptors (Lipinski definition) is 5. The van der Waals surface area contributed by atoms with Crippen LogP contribution >= 0.6 is 11.3 Å². The SMILES string of the molecule is COC(C)CNCc1ccc2nc(N)sc2c1. The van der Waals surface area contributed by atoms with Crippen LogP contribution < -0.4 is 11.1 Å². The molecule has 1 heterocycles. The van der Waals surface area contributed by atoms with Crippen molar-refractivity contribution in [2.45, 2.75) is 19.6 Å². The Balaban J connectivity index is 1.99. The number of aromatic nitrogens is 1. The van der Waals surface area contributed by atoms with Gasteiger partial charge in [0.05, 0.1) is 16.3 Å². The van der Waals surface area contributed by atoms with Crippen molar-refractivity contribution in [1.82, 2.24) is 10.3 Å². The van der Waals surface area contributed by atoms with Gasteiger partial charge in [-0.2, -0.15) is 0 Å². The van der Waals surface area contributed by atoms with Crippen LogP contribution in [0.4, 0.5) is 5.13 Å². The van der Waals surface area contributed by atoms with Crippen molar-refractivity contribution in [3.63, 3.8) is 0 Å². The lowest BCUT2D eigenvalue weighted by molar-refractivity contribution is 0.117. The smallest absolute Gasteiger partial charge is 0.181 e. The number of fused-ring (bicyclic) bond motifs is 1. The average Bonchev–Trinajstić information content (AvgIpc) is 2.68. The molecule has 0 radical (unpaired) electrons. The monoisotopic (exact) mass is 251 g/mol. The van der Waals surface area contributed by atoms with E-state index in [0.717, 1.165) is 23.3 Å². The third-order valence-electron chi connectivity index (χ3n) is 2.63. The standard InChI is InChI=1S/C12H17N3OS/c1-8(16-2)6-14-7-9-3-4-10-11(5-9)17-12(13)15-10/h3-5,8,14H,6-7H2,1-2H3,(H2,13,15). The largest absolute Gasteiger partial charge is 0.380 e. The number of ether oxygens (including phenoxy) is 1. The highest BCUT2D eigenvalue weighted by molar-refractivity contribution is 7.22. The molecule has 0 aliphatic heterocycles. The third-order valence-corrected chi connectivity index (χ3v) is 3.48. The summed E-state index contributed by atoms with van der Waals surface area (Å²) < 4.78 is 6.32. The van der Waals surface area contributed by atoms with Gasteiger partial charge in [-0.3, -0.25) is 0 Å². The van der Waals surface area contributed by atoms with Crippen LogP contribution in [-0.4, -0.2) is 24.7 Å². The van der Waals surface area contributed by atoms with E-state index in [4.69, 9.17) is 10.5 Å². The van der Waals surface area contributed by atoms with Crippen LogP contribution in [0.3, 0.4) is 0 Å². The molecule has 1 aromatic carbocycles. The zero-order chi connectivity index (χ0) is 12.3. The van der Waals surface area contributed by atoms with E-state index >= 15 is 0 Å². The van der Waals surface area contributed by atoms with E-state index in [0.29, 0.717) is 5.13 Å². The summed E-state index contributed by atoms with van der Waals surface area (Å²) in [4.78, 5) is 4.23. The summed E-state index contributed by atoms with van der Waals surface area (Å²) in [6, 6.07) is 6.22. The van der Waals surface area contributed by atoms with Crippen LogP contribution in [0.2, 0.25) is 0 Å². The van der Waals surface area contributed by atoms with Gasteiger partial charge < -0.3 is 15.8 Å². The van der Waals surface area contributed by atoms with Gasteiger partial charge in [-0.1, -0.05) is 17.4 Å². The second-order valence-corrected chi connectivity index (χ2v) is 5.09. The first-order valence-corrected chi connectivity index (χ1v) is 6.39. The first-order valence-electron chi connectivity index (χ1n) is 5.57. The average molecular weight is 251 g/mol. The molecule has 1 aromatic heterocycles. The summed E-state index contributed by atoms with van der Waals surface area (Å²) >= 11 is 1.52. The zero-order valence-electron chi connectivity index (χ0n) is 10.1. The number of anilines is 1. The molecule has 0 fully saturated rings. The van der Waals surface area contributed by atoms with E-state index in [1.54, 1.807) is 7.11 Å². The lowest BCUT2D eigenvalue weighted by atomic mass is 10.2. The van der Waals surface area contributed by atoms with E-state index in [9.17, 15) is 0 Å². The summed E-state index contributed by atoms with van der Waals surface area (Å²) in [5, 5.41) is 3.98. The molecule has 0 amide bonds. The number of hydrogen-bond donors (Lipinski definition) is 2. The lowest BCUT2D eigenvalue weighted by Gasteiger charge is -2.10. The van der Waals surface area contributed by atoms with Crippen molar-refractivity contribution in [3.05, 3.63) is 23.8 Å². The molecular formula is C12H17N3OS. The first-order chi connectivity index (χ1) is 8.19. The van der Waals surface area contributed by atoms with Gasteiger partial charge in [-0.05, 0) is 24.6 Å². The van der Waals surface area contributed by atoms with Crippen LogP contribution in [0, 0.1) is 0 Å². The molecule has 4 nitrogen and oxygen atoms in total. The first kappa shape index (κ1) is 12.3. The number of thiazole rings is 1. The minimum absolute atomic E-state index is 0.234. The van der Waals surface area contributed by atoms with Gasteiger partial charge in [0.1, 0.15) is 0 Å². The number of benzene rings is 1. The fourth-order valence-electron chi connectivity index (χ4n) is 1.60. The molecule has 3 N–H and O–H groups in total. The number of nitrogens with two attached hydrogens (primary N) is 1. The molecule has 1 unspecified atom stereocenters. The molecule has 0 aliphatic rings. The minimum atomic E-state index is 0.234. The lowest BCUT2D eigenvalue weighted by Crippen LogP contribution is -2.25. The van der Waals surface area contributed by atoms with Crippen molar-refractivity contribution in [3.8, 4) is 0 Å². The quantitative estimate of drug-likeness (QED) is 0.853. The fraction of sp³-hybridized carbons (Fsp3) is 0.417. The molecule has 92 valence electrons. The van der Waals surface area contributed by atoms with E-state index in [2.05, 4.69) is 22.4 Å². The van der Waals surface area contributed by atoms with Gasteiger partial charge in [0.25, 0.3) is 0 Å². The zero-order valence-corrected chi connectivity index (χ0v) is 10.9. The highest BCUT2D eigenvalue weighted by Gasteiger charge is 2.03. The van der Waals surface area contributed by atoms with Gasteiger partial charge in [-0.25, -0.2) is 4.98 Å². The second kappa shape index (κ2) is 5.44. The van der Waals surface area contributed by atoms with Crippen molar-refractivity contribution >= 4 is 26.7 Å². The van der Waals surface area contributed by atoms with Gasteiger partial charge in [0.2, 0.25) is 0 Å². The molecule has 2 aromatic rings. The van der Waals surface area contributed by atoms with Crippen LogP contribution in [0.25, 0.3) is 10.2 Å².